The van der Waals surface area contributed by atoms with Crippen molar-refractivity contribution in [1.82, 2.24) is 15.0 Å². The first-order chi connectivity index (χ1) is 9.78. The first-order valence-corrected chi connectivity index (χ1v) is 6.03. The summed E-state index contributed by atoms with van der Waals surface area (Å²) in [6, 6.07) is 9.26. The highest BCUT2D eigenvalue weighted by Crippen LogP contribution is 2.33. The number of hydrogen-bond donors (Lipinski definition) is 2. The molecule has 0 saturated carbocycles. The first-order valence-electron chi connectivity index (χ1n) is 6.03. The van der Waals surface area contributed by atoms with E-state index in [1.807, 2.05) is 30.3 Å². The highest BCUT2D eigenvalue weighted by atomic mass is 16.5. The largest absolute Gasteiger partial charge is 0.493 e. The van der Waals surface area contributed by atoms with Gasteiger partial charge in [0, 0.05) is 7.05 Å². The summed E-state index contributed by atoms with van der Waals surface area (Å²) < 4.78 is 5.72. The van der Waals surface area contributed by atoms with Gasteiger partial charge in [-0.25, -0.2) is 4.98 Å². The number of ether oxygens (including phenoxy) is 1. The lowest BCUT2D eigenvalue weighted by Crippen LogP contribution is -1.98. The number of anilines is 1. The van der Waals surface area contributed by atoms with Crippen molar-refractivity contribution in [3.8, 4) is 17.4 Å². The van der Waals surface area contributed by atoms with E-state index >= 15 is 0 Å². The van der Waals surface area contributed by atoms with Crippen LogP contribution in [0.5, 0.6) is 17.4 Å². The number of aromatic hydroxyl groups is 1. The van der Waals surface area contributed by atoms with Gasteiger partial charge in [0.2, 0.25) is 11.8 Å². The summed E-state index contributed by atoms with van der Waals surface area (Å²) in [4.78, 5) is 12.3. The fourth-order valence-corrected chi connectivity index (χ4v) is 1.84. The van der Waals surface area contributed by atoms with Crippen LogP contribution >= 0.6 is 0 Å². The first kappa shape index (κ1) is 12.2. The highest BCUT2D eigenvalue weighted by molar-refractivity contribution is 5.89. The highest BCUT2D eigenvalue weighted by Gasteiger charge is 2.12. The molecule has 0 saturated heterocycles. The minimum absolute atomic E-state index is 0.146. The van der Waals surface area contributed by atoms with E-state index in [0.717, 1.165) is 0 Å². The Balaban J connectivity index is 2.12. The fraction of sp³-hybridized carbons (Fsp3) is 0.0714. The Hall–Kier alpha value is -2.89. The zero-order valence-corrected chi connectivity index (χ0v) is 10.7. The predicted molar refractivity (Wildman–Crippen MR) is 75.1 cm³/mol. The van der Waals surface area contributed by atoms with Gasteiger partial charge in [-0.05, 0) is 12.1 Å². The molecule has 0 atom stereocenters. The number of nitrogens with zero attached hydrogens (tertiary/aromatic N) is 3. The molecule has 6 heteroatoms. The Kier molecular flexibility index (Phi) is 3.04. The molecule has 0 aliphatic heterocycles. The van der Waals surface area contributed by atoms with Crippen LogP contribution in [0.25, 0.3) is 10.9 Å². The van der Waals surface area contributed by atoms with E-state index in [1.165, 1.54) is 6.20 Å². The second-order valence-electron chi connectivity index (χ2n) is 4.07. The lowest BCUT2D eigenvalue weighted by atomic mass is 10.2. The maximum absolute atomic E-state index is 10.0. The molecule has 100 valence electrons. The maximum atomic E-state index is 10.0. The topological polar surface area (TPSA) is 80.2 Å². The molecule has 0 unspecified atom stereocenters. The number of aromatic nitrogens is 3. The summed E-state index contributed by atoms with van der Waals surface area (Å²) in [5, 5.41) is 13.3. The van der Waals surface area contributed by atoms with Gasteiger partial charge in [0.25, 0.3) is 0 Å². The van der Waals surface area contributed by atoms with Crippen molar-refractivity contribution in [1.29, 1.82) is 0 Å². The molecule has 2 aromatic heterocycles. The standard InChI is InChI=1S/C14H12N4O2/c1-15-14-17-10-7-16-8-11(12(10)13(19)18-14)20-9-5-3-2-4-6-9/h2-8H,1H3,(H2,15,17,18,19). The lowest BCUT2D eigenvalue weighted by molar-refractivity contribution is 0.451. The van der Waals surface area contributed by atoms with E-state index in [9.17, 15) is 5.11 Å². The minimum atomic E-state index is -0.146. The van der Waals surface area contributed by atoms with Gasteiger partial charge in [-0.2, -0.15) is 4.98 Å². The Morgan fingerprint density at radius 2 is 1.90 bits per heavy atom. The van der Waals surface area contributed by atoms with Gasteiger partial charge in [0.15, 0.2) is 5.75 Å². The second-order valence-corrected chi connectivity index (χ2v) is 4.07. The number of hydrogen-bond acceptors (Lipinski definition) is 6. The van der Waals surface area contributed by atoms with E-state index in [4.69, 9.17) is 4.74 Å². The summed E-state index contributed by atoms with van der Waals surface area (Å²) in [6.07, 6.45) is 3.08. The van der Waals surface area contributed by atoms with Gasteiger partial charge in [-0.15, -0.1) is 0 Å². The monoisotopic (exact) mass is 268 g/mol. The average Bonchev–Trinajstić information content (AvgIpc) is 2.48. The Morgan fingerprint density at radius 1 is 1.10 bits per heavy atom. The van der Waals surface area contributed by atoms with Crippen LogP contribution in [0.4, 0.5) is 5.95 Å². The minimum Gasteiger partial charge on any atom is -0.493 e. The van der Waals surface area contributed by atoms with Crippen LogP contribution in [0.15, 0.2) is 42.7 Å². The molecule has 0 radical (unpaired) electrons. The molecule has 2 heterocycles. The predicted octanol–water partition coefficient (Wildman–Crippen LogP) is 2.56. The molecule has 2 N–H and O–H groups in total. The molecule has 0 aliphatic rings. The number of nitrogens with one attached hydrogen (secondary N) is 1. The molecule has 0 spiro atoms. The van der Waals surface area contributed by atoms with Gasteiger partial charge in [0.1, 0.15) is 16.7 Å². The van der Waals surface area contributed by atoms with E-state index < -0.39 is 0 Å². The van der Waals surface area contributed by atoms with Crippen LogP contribution in [0.3, 0.4) is 0 Å². The van der Waals surface area contributed by atoms with Crippen molar-refractivity contribution in [3.05, 3.63) is 42.7 Å². The van der Waals surface area contributed by atoms with Crippen LogP contribution < -0.4 is 10.1 Å². The van der Waals surface area contributed by atoms with Crippen molar-refractivity contribution in [2.24, 2.45) is 0 Å². The zero-order valence-electron chi connectivity index (χ0n) is 10.7. The zero-order chi connectivity index (χ0) is 13.9. The molecule has 1 aromatic carbocycles. The number of rotatable bonds is 3. The average molecular weight is 268 g/mol. The van der Waals surface area contributed by atoms with Gasteiger partial charge in [-0.3, -0.25) is 4.98 Å². The van der Waals surface area contributed by atoms with Crippen LogP contribution in [-0.2, 0) is 0 Å². The smallest absolute Gasteiger partial charge is 0.227 e. The van der Waals surface area contributed by atoms with E-state index in [-0.39, 0.29) is 5.88 Å². The molecule has 0 bridgehead atoms. The number of benzene rings is 1. The SMILES string of the molecule is CNc1nc(O)c2c(Oc3ccccc3)cncc2n1. The third-order valence-electron chi connectivity index (χ3n) is 2.75. The molecule has 20 heavy (non-hydrogen) atoms. The van der Waals surface area contributed by atoms with Gasteiger partial charge >= 0.3 is 0 Å². The summed E-state index contributed by atoms with van der Waals surface area (Å²) in [7, 11) is 1.68. The van der Waals surface area contributed by atoms with Crippen molar-refractivity contribution in [3.63, 3.8) is 0 Å². The van der Waals surface area contributed by atoms with Crippen molar-refractivity contribution >= 4 is 16.9 Å². The molecule has 6 nitrogen and oxygen atoms in total. The second kappa shape index (κ2) is 5.00. The lowest BCUT2D eigenvalue weighted by Gasteiger charge is -2.09. The summed E-state index contributed by atoms with van der Waals surface area (Å²) in [6.45, 7) is 0. The Bertz CT molecular complexity index is 747. The molecule has 3 aromatic rings. The van der Waals surface area contributed by atoms with Crippen LogP contribution in [0, 0.1) is 0 Å². The van der Waals surface area contributed by atoms with E-state index in [2.05, 4.69) is 20.3 Å². The number of para-hydroxylation sites is 1. The summed E-state index contributed by atoms with van der Waals surface area (Å²) in [5.74, 6) is 1.24. The van der Waals surface area contributed by atoms with Crippen molar-refractivity contribution < 1.29 is 9.84 Å². The summed E-state index contributed by atoms with van der Waals surface area (Å²) in [5.41, 5.74) is 0.510. The maximum Gasteiger partial charge on any atom is 0.227 e. The van der Waals surface area contributed by atoms with E-state index in [0.29, 0.717) is 28.4 Å². The van der Waals surface area contributed by atoms with Crippen molar-refractivity contribution in [2.45, 2.75) is 0 Å². The fourth-order valence-electron chi connectivity index (χ4n) is 1.84. The Morgan fingerprint density at radius 3 is 2.65 bits per heavy atom. The molecule has 0 aliphatic carbocycles. The van der Waals surface area contributed by atoms with Crippen molar-refractivity contribution in [2.75, 3.05) is 12.4 Å². The number of pyridine rings is 1. The molecule has 3 rings (SSSR count). The molecular formula is C14H12N4O2. The quantitative estimate of drug-likeness (QED) is 0.760. The summed E-state index contributed by atoms with van der Waals surface area (Å²) >= 11 is 0. The van der Waals surface area contributed by atoms with E-state index in [1.54, 1.807) is 13.2 Å². The van der Waals surface area contributed by atoms with Gasteiger partial charge in [-0.1, -0.05) is 18.2 Å². The third-order valence-corrected chi connectivity index (χ3v) is 2.75. The Labute approximate surface area is 115 Å². The molecule has 0 amide bonds. The molecule has 0 fully saturated rings. The normalized spacial score (nSPS) is 10.4. The number of fused-ring (bicyclic) bond motifs is 1. The van der Waals surface area contributed by atoms with Crippen LogP contribution in [0.1, 0.15) is 0 Å². The van der Waals surface area contributed by atoms with Crippen LogP contribution in [-0.4, -0.2) is 27.1 Å². The molecular weight excluding hydrogens is 256 g/mol. The van der Waals surface area contributed by atoms with Gasteiger partial charge in [0.05, 0.1) is 12.4 Å². The van der Waals surface area contributed by atoms with Gasteiger partial charge < -0.3 is 15.2 Å². The third kappa shape index (κ3) is 2.18. The van der Waals surface area contributed by atoms with Crippen LogP contribution in [0.2, 0.25) is 0 Å².